The molecule has 0 amide bonds. The summed E-state index contributed by atoms with van der Waals surface area (Å²) in [4.78, 5) is 72.3. The number of carbonyl (C=O) groups is 4. The van der Waals surface area contributed by atoms with Crippen LogP contribution in [0.5, 0.6) is 0 Å². The lowest BCUT2D eigenvalue weighted by molar-refractivity contribution is -0.161. The number of hydrogen-bond acceptors (Lipinski definition) is 15. The van der Waals surface area contributed by atoms with E-state index < -0.39 is 97.5 Å². The van der Waals surface area contributed by atoms with E-state index in [-0.39, 0.29) is 25.7 Å². The van der Waals surface area contributed by atoms with Gasteiger partial charge in [-0.25, -0.2) is 9.13 Å². The Kier molecular flexibility index (Phi) is 56.6. The number of aliphatic hydroxyl groups excluding tert-OH is 1. The lowest BCUT2D eigenvalue weighted by Gasteiger charge is -2.21. The monoisotopic (exact) mass is 1280 g/mol. The number of hydrogen-bond donors (Lipinski definition) is 3. The van der Waals surface area contributed by atoms with Crippen molar-refractivity contribution in [2.45, 2.75) is 350 Å². The quantitative estimate of drug-likeness (QED) is 0.0222. The first kappa shape index (κ1) is 85.1. The van der Waals surface area contributed by atoms with Crippen LogP contribution >= 0.6 is 15.6 Å². The normalized spacial score (nSPS) is 14.3. The first-order valence-electron chi connectivity index (χ1n) is 35.2. The molecule has 0 saturated heterocycles. The number of phosphoric ester groups is 2. The molecule has 5 atom stereocenters. The van der Waals surface area contributed by atoms with E-state index in [0.29, 0.717) is 37.5 Å². The summed E-state index contributed by atoms with van der Waals surface area (Å²) in [6, 6.07) is 0. The maximum atomic E-state index is 13.0. The van der Waals surface area contributed by atoms with Crippen LogP contribution in [0.25, 0.3) is 0 Å². The topological polar surface area (TPSA) is 237 Å². The fraction of sp³-hybridized carbons (Fsp3) is 0.941. The van der Waals surface area contributed by atoms with Crippen LogP contribution in [0, 0.1) is 23.7 Å². The number of esters is 4. The van der Waals surface area contributed by atoms with E-state index in [4.69, 9.17) is 37.0 Å². The number of phosphoric acid groups is 2. The Bertz CT molecular complexity index is 1730. The molecular weight excluding hydrogens is 1150 g/mol. The molecule has 0 aliphatic rings. The van der Waals surface area contributed by atoms with Crippen LogP contribution in [-0.2, 0) is 65.4 Å². The highest BCUT2D eigenvalue weighted by Gasteiger charge is 2.30. The van der Waals surface area contributed by atoms with Crippen LogP contribution in [0.3, 0.4) is 0 Å². The second-order valence-electron chi connectivity index (χ2n) is 26.5. The molecule has 0 saturated carbocycles. The van der Waals surface area contributed by atoms with Crippen molar-refractivity contribution in [1.29, 1.82) is 0 Å². The van der Waals surface area contributed by atoms with Gasteiger partial charge in [0.1, 0.15) is 19.3 Å². The third kappa shape index (κ3) is 62.6. The van der Waals surface area contributed by atoms with Gasteiger partial charge in [0, 0.05) is 25.7 Å². The predicted octanol–water partition coefficient (Wildman–Crippen LogP) is 18.9. The summed E-state index contributed by atoms with van der Waals surface area (Å²) in [7, 11) is -9.89. The molecule has 87 heavy (non-hydrogen) atoms. The molecule has 3 unspecified atom stereocenters. The van der Waals surface area contributed by atoms with Crippen LogP contribution in [0.4, 0.5) is 0 Å². The molecule has 3 N–H and O–H groups in total. The zero-order valence-corrected chi connectivity index (χ0v) is 58.4. The van der Waals surface area contributed by atoms with Gasteiger partial charge in [-0.1, -0.05) is 280 Å². The van der Waals surface area contributed by atoms with Crippen molar-refractivity contribution in [3.05, 3.63) is 0 Å². The van der Waals surface area contributed by atoms with Gasteiger partial charge in [0.15, 0.2) is 12.2 Å². The van der Waals surface area contributed by atoms with Gasteiger partial charge in [-0.05, 0) is 49.4 Å². The summed E-state index contributed by atoms with van der Waals surface area (Å²) in [5.41, 5.74) is 0. The molecule has 0 aromatic heterocycles. The SMILES string of the molecule is CC(C)CCCCCCCCCCCCCCCCC(=O)OC[C@H](COP(=O)(O)OCC(O)COP(=O)(O)OC[C@@H](COC(=O)CCCCCCCCCC(C)C)OC(=O)CCCCCCCCCCC(C)C)OC(=O)CCCCCCCCC(C)C. The maximum absolute atomic E-state index is 13.0. The number of ether oxygens (including phenoxy) is 4. The highest BCUT2D eigenvalue weighted by molar-refractivity contribution is 7.47. The summed E-state index contributed by atoms with van der Waals surface area (Å²) in [6.45, 7) is 14.0. The van der Waals surface area contributed by atoms with E-state index in [9.17, 15) is 43.2 Å². The Labute approximate surface area is 530 Å². The number of unbranched alkanes of at least 4 members (excludes halogenated alkanes) is 31. The van der Waals surface area contributed by atoms with Crippen molar-refractivity contribution >= 4 is 39.5 Å². The largest absolute Gasteiger partial charge is 0.472 e. The zero-order chi connectivity index (χ0) is 64.7. The molecule has 0 aliphatic carbocycles. The van der Waals surface area contributed by atoms with Crippen LogP contribution in [0.2, 0.25) is 0 Å². The lowest BCUT2D eigenvalue weighted by atomic mass is 10.0. The Morgan fingerprint density at radius 1 is 0.287 bits per heavy atom. The highest BCUT2D eigenvalue weighted by atomic mass is 31.2. The summed E-state index contributed by atoms with van der Waals surface area (Å²) in [5, 5.41) is 10.6. The van der Waals surface area contributed by atoms with E-state index in [1.54, 1.807) is 0 Å². The van der Waals surface area contributed by atoms with E-state index in [1.165, 1.54) is 128 Å². The molecule has 0 spiro atoms. The van der Waals surface area contributed by atoms with Crippen LogP contribution in [0.15, 0.2) is 0 Å². The van der Waals surface area contributed by atoms with Crippen LogP contribution in [0.1, 0.15) is 331 Å². The molecule has 0 aromatic rings. The summed E-state index contributed by atoms with van der Waals surface area (Å²) in [5.74, 6) is 0.753. The van der Waals surface area contributed by atoms with E-state index in [0.717, 1.165) is 108 Å². The summed E-state index contributed by atoms with van der Waals surface area (Å²) in [6.07, 6.45) is 39.3. The fourth-order valence-electron chi connectivity index (χ4n) is 10.1. The minimum Gasteiger partial charge on any atom is -0.462 e. The Hall–Kier alpha value is -1.94. The minimum absolute atomic E-state index is 0.102. The van der Waals surface area contributed by atoms with Gasteiger partial charge in [0.2, 0.25) is 0 Å². The third-order valence-corrected chi connectivity index (χ3v) is 17.5. The third-order valence-electron chi connectivity index (χ3n) is 15.6. The smallest absolute Gasteiger partial charge is 0.462 e. The predicted molar refractivity (Wildman–Crippen MR) is 349 cm³/mol. The van der Waals surface area contributed by atoms with E-state index >= 15 is 0 Å². The second-order valence-corrected chi connectivity index (χ2v) is 29.4. The van der Waals surface area contributed by atoms with Gasteiger partial charge in [-0.2, -0.15) is 0 Å². The zero-order valence-electron chi connectivity index (χ0n) is 56.6. The summed E-state index contributed by atoms with van der Waals surface area (Å²) < 4.78 is 68.1. The van der Waals surface area contributed by atoms with Crippen molar-refractivity contribution in [1.82, 2.24) is 0 Å². The molecule has 516 valence electrons. The summed E-state index contributed by atoms with van der Waals surface area (Å²) >= 11 is 0. The molecule has 0 bridgehead atoms. The first-order valence-corrected chi connectivity index (χ1v) is 38.2. The van der Waals surface area contributed by atoms with Gasteiger partial charge >= 0.3 is 39.5 Å². The van der Waals surface area contributed by atoms with E-state index in [2.05, 4.69) is 55.4 Å². The molecular formula is C68H132O17P2. The lowest BCUT2D eigenvalue weighted by Crippen LogP contribution is -2.30. The van der Waals surface area contributed by atoms with Gasteiger partial charge in [-0.15, -0.1) is 0 Å². The average molecular weight is 1280 g/mol. The standard InChI is InChI=1S/C68H132O17P2/c1-58(2)44-36-28-20-15-13-11-9-10-12-14-16-23-32-40-48-65(70)78-55-64(85-68(73)51-43-35-27-26-31-39-47-61(7)8)57-83-87(76,77)81-53-62(69)52-80-86(74,75)82-56-63(54-79-66(71)49-41-33-25-19-22-30-38-46-60(5)6)84-67(72)50-42-34-24-18-17-21-29-37-45-59(3)4/h58-64,69H,9-57H2,1-8H3,(H,74,75)(H,76,77)/t62?,63-,64-/m1/s1. The average Bonchev–Trinajstić information content (AvgIpc) is 3.68. The molecule has 0 rings (SSSR count). The maximum Gasteiger partial charge on any atom is 0.472 e. The Morgan fingerprint density at radius 2 is 0.483 bits per heavy atom. The number of carbonyl (C=O) groups excluding carboxylic acids is 4. The van der Waals surface area contributed by atoms with Crippen LogP contribution in [-0.4, -0.2) is 96.7 Å². The van der Waals surface area contributed by atoms with Gasteiger partial charge in [-0.3, -0.25) is 37.3 Å². The Morgan fingerprint density at radius 3 is 0.713 bits per heavy atom. The molecule has 0 radical (unpaired) electrons. The fourth-order valence-corrected chi connectivity index (χ4v) is 11.7. The van der Waals surface area contributed by atoms with Gasteiger partial charge < -0.3 is 33.8 Å². The number of rotatable bonds is 65. The molecule has 17 nitrogen and oxygen atoms in total. The molecule has 19 heteroatoms. The van der Waals surface area contributed by atoms with Crippen molar-refractivity contribution in [2.75, 3.05) is 39.6 Å². The van der Waals surface area contributed by atoms with Crippen molar-refractivity contribution in [3.63, 3.8) is 0 Å². The Balaban J connectivity index is 5.18. The van der Waals surface area contributed by atoms with Crippen LogP contribution < -0.4 is 0 Å². The van der Waals surface area contributed by atoms with Crippen molar-refractivity contribution < 1.29 is 80.2 Å². The molecule has 0 aliphatic heterocycles. The molecule has 0 fully saturated rings. The van der Waals surface area contributed by atoms with E-state index in [1.807, 2.05) is 0 Å². The molecule has 0 heterocycles. The van der Waals surface area contributed by atoms with Gasteiger partial charge in [0.25, 0.3) is 0 Å². The second kappa shape index (κ2) is 57.9. The highest BCUT2D eigenvalue weighted by Crippen LogP contribution is 2.45. The van der Waals surface area contributed by atoms with Gasteiger partial charge in [0.05, 0.1) is 26.4 Å². The van der Waals surface area contributed by atoms with Crippen molar-refractivity contribution in [3.8, 4) is 0 Å². The first-order chi connectivity index (χ1) is 41.6. The molecule has 0 aromatic carbocycles. The minimum atomic E-state index is -4.95. The number of aliphatic hydroxyl groups is 1. The van der Waals surface area contributed by atoms with Crippen molar-refractivity contribution in [2.24, 2.45) is 23.7 Å².